The number of aliphatic hydroxyl groups excluding tert-OH is 1. The summed E-state index contributed by atoms with van der Waals surface area (Å²) in [5, 5.41) is 13.0. The number of rotatable bonds is 4. The molecular formula is C14H17N3O2. The van der Waals surface area contributed by atoms with Gasteiger partial charge in [-0.05, 0) is 31.0 Å². The fourth-order valence-electron chi connectivity index (χ4n) is 2.26. The van der Waals surface area contributed by atoms with Gasteiger partial charge in [-0.2, -0.15) is 0 Å². The summed E-state index contributed by atoms with van der Waals surface area (Å²) in [4.78, 5) is 15.2. The lowest BCUT2D eigenvalue weighted by Crippen LogP contribution is -2.31. The molecule has 1 heterocycles. The fraction of sp³-hybridized carbons (Fsp3) is 0.357. The van der Waals surface area contributed by atoms with Crippen molar-refractivity contribution in [1.82, 2.24) is 10.3 Å². The molecule has 0 saturated heterocycles. The molecule has 1 saturated carbocycles. The lowest BCUT2D eigenvalue weighted by atomic mass is 10.1. The number of hydrogen-bond acceptors (Lipinski definition) is 3. The molecule has 1 aliphatic rings. The van der Waals surface area contributed by atoms with E-state index in [4.69, 9.17) is 5.73 Å². The van der Waals surface area contributed by atoms with Crippen LogP contribution in [-0.4, -0.2) is 29.1 Å². The first-order valence-electron chi connectivity index (χ1n) is 6.39. The number of anilines is 1. The molecule has 0 bridgehead atoms. The predicted molar refractivity (Wildman–Crippen MR) is 73.8 cm³/mol. The molecule has 1 fully saturated rings. The molecule has 2 aromatic rings. The van der Waals surface area contributed by atoms with Crippen LogP contribution in [0.2, 0.25) is 0 Å². The summed E-state index contributed by atoms with van der Waals surface area (Å²) in [5.41, 5.74) is 7.78. The van der Waals surface area contributed by atoms with Gasteiger partial charge >= 0.3 is 0 Å². The predicted octanol–water partition coefficient (Wildman–Crippen LogP) is 1.25. The number of aromatic amines is 1. The molecule has 1 amide bonds. The van der Waals surface area contributed by atoms with Gasteiger partial charge in [0.15, 0.2) is 0 Å². The number of aliphatic hydroxyl groups is 1. The molecule has 3 rings (SSSR count). The van der Waals surface area contributed by atoms with Crippen LogP contribution >= 0.6 is 0 Å². The van der Waals surface area contributed by atoms with Gasteiger partial charge in [0.25, 0.3) is 5.91 Å². The molecule has 1 aromatic carbocycles. The highest BCUT2D eigenvalue weighted by Crippen LogP contribution is 2.44. The number of nitrogen functional groups attached to an aromatic ring is 1. The highest BCUT2D eigenvalue weighted by Gasteiger charge is 2.42. The Hall–Kier alpha value is -2.01. The first-order chi connectivity index (χ1) is 9.13. The van der Waals surface area contributed by atoms with Crippen molar-refractivity contribution in [2.45, 2.75) is 12.8 Å². The van der Waals surface area contributed by atoms with Crippen molar-refractivity contribution in [3.05, 3.63) is 30.0 Å². The minimum absolute atomic E-state index is 0.0825. The maximum absolute atomic E-state index is 12.2. The van der Waals surface area contributed by atoms with E-state index in [2.05, 4.69) is 10.3 Å². The van der Waals surface area contributed by atoms with E-state index in [1.807, 2.05) is 6.07 Å². The number of carbonyl (C=O) groups excluding carboxylic acids is 1. The molecule has 1 aliphatic carbocycles. The zero-order chi connectivity index (χ0) is 13.5. The van der Waals surface area contributed by atoms with Crippen LogP contribution in [0.25, 0.3) is 10.9 Å². The van der Waals surface area contributed by atoms with Crippen molar-refractivity contribution in [2.24, 2.45) is 5.41 Å². The third kappa shape index (κ3) is 2.17. The molecule has 1 aromatic heterocycles. The highest BCUT2D eigenvalue weighted by molar-refractivity contribution is 6.07. The summed E-state index contributed by atoms with van der Waals surface area (Å²) < 4.78 is 0. The van der Waals surface area contributed by atoms with Crippen molar-refractivity contribution in [1.29, 1.82) is 0 Å². The second-order valence-corrected chi connectivity index (χ2v) is 5.35. The van der Waals surface area contributed by atoms with Crippen LogP contribution in [-0.2, 0) is 0 Å². The lowest BCUT2D eigenvalue weighted by Gasteiger charge is -2.12. The normalized spacial score (nSPS) is 16.5. The van der Waals surface area contributed by atoms with Gasteiger partial charge in [0.1, 0.15) is 0 Å². The lowest BCUT2D eigenvalue weighted by molar-refractivity contribution is 0.0937. The van der Waals surface area contributed by atoms with Gasteiger partial charge in [-0.1, -0.05) is 0 Å². The second-order valence-electron chi connectivity index (χ2n) is 5.35. The van der Waals surface area contributed by atoms with Crippen molar-refractivity contribution >= 4 is 22.5 Å². The smallest absolute Gasteiger partial charge is 0.253 e. The fourth-order valence-corrected chi connectivity index (χ4v) is 2.26. The van der Waals surface area contributed by atoms with Crippen LogP contribution in [0.5, 0.6) is 0 Å². The van der Waals surface area contributed by atoms with E-state index in [0.717, 1.165) is 23.7 Å². The zero-order valence-electron chi connectivity index (χ0n) is 10.6. The molecule has 0 spiro atoms. The third-order valence-corrected chi connectivity index (χ3v) is 3.87. The summed E-state index contributed by atoms with van der Waals surface area (Å²) in [7, 11) is 0. The monoisotopic (exact) mass is 259 g/mol. The number of fused-ring (bicyclic) bond motifs is 1. The molecule has 0 atom stereocenters. The Kier molecular flexibility index (Phi) is 2.71. The van der Waals surface area contributed by atoms with Gasteiger partial charge in [-0.3, -0.25) is 4.79 Å². The minimum Gasteiger partial charge on any atom is -0.399 e. The first-order valence-corrected chi connectivity index (χ1v) is 6.39. The van der Waals surface area contributed by atoms with Crippen molar-refractivity contribution < 1.29 is 9.90 Å². The molecule has 0 aliphatic heterocycles. The van der Waals surface area contributed by atoms with E-state index in [1.165, 1.54) is 0 Å². The highest BCUT2D eigenvalue weighted by atomic mass is 16.3. The molecule has 5 N–H and O–H groups in total. The maximum atomic E-state index is 12.2. The van der Waals surface area contributed by atoms with Gasteiger partial charge in [-0.15, -0.1) is 0 Å². The van der Waals surface area contributed by atoms with Crippen molar-refractivity contribution in [3.8, 4) is 0 Å². The van der Waals surface area contributed by atoms with Gasteiger partial charge < -0.3 is 21.1 Å². The Morgan fingerprint density at radius 1 is 1.47 bits per heavy atom. The number of hydrogen-bond donors (Lipinski definition) is 4. The molecule has 19 heavy (non-hydrogen) atoms. The summed E-state index contributed by atoms with van der Waals surface area (Å²) in [5.74, 6) is -0.128. The van der Waals surface area contributed by atoms with Crippen LogP contribution < -0.4 is 11.1 Å². The van der Waals surface area contributed by atoms with E-state index in [-0.39, 0.29) is 17.9 Å². The molecule has 0 unspecified atom stereocenters. The van der Waals surface area contributed by atoms with E-state index in [9.17, 15) is 9.90 Å². The van der Waals surface area contributed by atoms with Crippen LogP contribution in [0.4, 0.5) is 5.69 Å². The van der Waals surface area contributed by atoms with E-state index in [0.29, 0.717) is 17.8 Å². The number of nitrogens with one attached hydrogen (secondary N) is 2. The van der Waals surface area contributed by atoms with E-state index in [1.54, 1.807) is 18.3 Å². The molecule has 5 heteroatoms. The van der Waals surface area contributed by atoms with Crippen LogP contribution in [0.1, 0.15) is 23.2 Å². The third-order valence-electron chi connectivity index (χ3n) is 3.87. The Balaban J connectivity index is 1.79. The number of aromatic nitrogens is 1. The molecular weight excluding hydrogens is 242 g/mol. The molecule has 0 radical (unpaired) electrons. The molecule has 100 valence electrons. The van der Waals surface area contributed by atoms with Gasteiger partial charge in [0.05, 0.1) is 12.2 Å². The Bertz CT molecular complexity index is 629. The standard InChI is InChI=1S/C14H17N3O2/c15-9-1-2-12-10(5-9)11(6-16-12)13(19)17-7-14(8-18)3-4-14/h1-2,5-6,16,18H,3-4,7-8,15H2,(H,17,19). The average molecular weight is 259 g/mol. The van der Waals surface area contributed by atoms with Gasteiger partial charge in [0, 0.05) is 34.7 Å². The van der Waals surface area contributed by atoms with E-state index >= 15 is 0 Å². The number of amides is 1. The van der Waals surface area contributed by atoms with Crippen LogP contribution in [0.3, 0.4) is 0 Å². The first kappa shape index (κ1) is 12.0. The number of nitrogens with two attached hydrogens (primary N) is 1. The topological polar surface area (TPSA) is 91.1 Å². The van der Waals surface area contributed by atoms with Gasteiger partial charge in [-0.25, -0.2) is 0 Å². The summed E-state index contributed by atoms with van der Waals surface area (Å²) in [6.45, 7) is 0.658. The Morgan fingerprint density at radius 3 is 2.95 bits per heavy atom. The number of benzene rings is 1. The molecule has 5 nitrogen and oxygen atoms in total. The summed E-state index contributed by atoms with van der Waals surface area (Å²) in [6.07, 6.45) is 3.65. The van der Waals surface area contributed by atoms with Gasteiger partial charge in [0.2, 0.25) is 0 Å². The number of H-pyrrole nitrogens is 1. The Morgan fingerprint density at radius 2 is 2.26 bits per heavy atom. The zero-order valence-corrected chi connectivity index (χ0v) is 10.6. The number of carbonyl (C=O) groups is 1. The quantitative estimate of drug-likeness (QED) is 0.623. The summed E-state index contributed by atoms with van der Waals surface area (Å²) in [6, 6.07) is 5.45. The van der Waals surface area contributed by atoms with Crippen molar-refractivity contribution in [3.63, 3.8) is 0 Å². The summed E-state index contributed by atoms with van der Waals surface area (Å²) >= 11 is 0. The maximum Gasteiger partial charge on any atom is 0.253 e. The Labute approximate surface area is 110 Å². The minimum atomic E-state index is -0.128. The largest absolute Gasteiger partial charge is 0.399 e. The average Bonchev–Trinajstić information content (AvgIpc) is 3.08. The van der Waals surface area contributed by atoms with Crippen molar-refractivity contribution in [2.75, 3.05) is 18.9 Å². The van der Waals surface area contributed by atoms with Crippen LogP contribution in [0.15, 0.2) is 24.4 Å². The van der Waals surface area contributed by atoms with E-state index < -0.39 is 0 Å². The second kappa shape index (κ2) is 4.28. The van der Waals surface area contributed by atoms with Crippen LogP contribution in [0, 0.1) is 5.41 Å². The SMILES string of the molecule is Nc1ccc2[nH]cc(C(=O)NCC3(CO)CC3)c2c1.